The molecule has 1 aliphatic heterocycles. The molecular formula is C24H18N2O3S2. The van der Waals surface area contributed by atoms with E-state index in [0.29, 0.717) is 4.91 Å². The van der Waals surface area contributed by atoms with Crippen molar-refractivity contribution in [3.63, 3.8) is 0 Å². The highest BCUT2D eigenvalue weighted by molar-refractivity contribution is 8.26. The van der Waals surface area contributed by atoms with Gasteiger partial charge in [-0.3, -0.25) is 14.5 Å². The molecule has 154 valence electrons. The normalized spacial score (nSPS) is 14.8. The van der Waals surface area contributed by atoms with Crippen LogP contribution in [0.1, 0.15) is 5.56 Å². The van der Waals surface area contributed by atoms with Crippen molar-refractivity contribution in [2.45, 2.75) is 0 Å². The van der Waals surface area contributed by atoms with Crippen molar-refractivity contribution in [2.75, 3.05) is 11.4 Å². The van der Waals surface area contributed by atoms with E-state index in [1.54, 1.807) is 6.08 Å². The molecule has 1 amide bonds. The molecule has 0 spiro atoms. The number of carbonyl (C=O) groups excluding carboxylic acids is 1. The van der Waals surface area contributed by atoms with E-state index in [1.165, 1.54) is 0 Å². The number of aliphatic carboxylic acids is 1. The minimum Gasteiger partial charge on any atom is -0.480 e. The van der Waals surface area contributed by atoms with E-state index in [4.69, 9.17) is 17.3 Å². The van der Waals surface area contributed by atoms with Gasteiger partial charge in [0.2, 0.25) is 0 Å². The van der Waals surface area contributed by atoms with E-state index >= 15 is 0 Å². The summed E-state index contributed by atoms with van der Waals surface area (Å²) in [6.45, 7) is -0.427. The molecule has 7 heteroatoms. The lowest BCUT2D eigenvalue weighted by Crippen LogP contribution is -2.33. The first-order valence-corrected chi connectivity index (χ1v) is 10.7. The van der Waals surface area contributed by atoms with Crippen LogP contribution >= 0.6 is 24.0 Å². The Morgan fingerprint density at radius 3 is 1.94 bits per heavy atom. The number of amides is 1. The van der Waals surface area contributed by atoms with Gasteiger partial charge in [-0.25, -0.2) is 0 Å². The minimum atomic E-state index is -1.09. The fourth-order valence-corrected chi connectivity index (χ4v) is 4.50. The molecule has 0 unspecified atom stereocenters. The highest BCUT2D eigenvalue weighted by atomic mass is 32.2. The number of thiocarbonyl (C=S) groups is 1. The van der Waals surface area contributed by atoms with Crippen molar-refractivity contribution in [1.29, 1.82) is 0 Å². The molecule has 0 radical (unpaired) electrons. The first kappa shape index (κ1) is 20.8. The lowest BCUT2D eigenvalue weighted by atomic mass is 10.1. The summed E-state index contributed by atoms with van der Waals surface area (Å²) < 4.78 is 0.259. The second-order valence-corrected chi connectivity index (χ2v) is 8.44. The maximum absolute atomic E-state index is 12.5. The highest BCUT2D eigenvalue weighted by Gasteiger charge is 2.33. The number of nitrogens with zero attached hydrogens (tertiary/aromatic N) is 2. The lowest BCUT2D eigenvalue weighted by Gasteiger charge is -2.25. The number of carboxylic acid groups (broad SMARTS) is 1. The van der Waals surface area contributed by atoms with E-state index in [1.807, 2.05) is 60.7 Å². The number of hydrogen-bond donors (Lipinski definition) is 1. The van der Waals surface area contributed by atoms with E-state index in [0.717, 1.165) is 39.3 Å². The summed E-state index contributed by atoms with van der Waals surface area (Å²) in [6.07, 6.45) is 1.74. The zero-order chi connectivity index (χ0) is 21.8. The maximum Gasteiger partial charge on any atom is 0.323 e. The predicted octanol–water partition coefficient (Wildman–Crippen LogP) is 5.44. The summed E-state index contributed by atoms with van der Waals surface area (Å²) >= 11 is 6.27. The molecule has 5 nitrogen and oxygen atoms in total. The number of rotatable bonds is 6. The fraction of sp³-hybridized carbons (Fsp3) is 0.0417. The Hall–Kier alpha value is -3.42. The summed E-state index contributed by atoms with van der Waals surface area (Å²) in [5.74, 6) is -1.47. The molecule has 3 aromatic rings. The Bertz CT molecular complexity index is 1110. The van der Waals surface area contributed by atoms with Crippen molar-refractivity contribution in [3.8, 4) is 0 Å². The third-order valence-corrected chi connectivity index (χ3v) is 6.02. The molecule has 1 heterocycles. The summed E-state index contributed by atoms with van der Waals surface area (Å²) in [6, 6.07) is 28.0. The molecule has 3 aromatic carbocycles. The van der Waals surface area contributed by atoms with Gasteiger partial charge in [0.05, 0.1) is 4.91 Å². The molecule has 4 rings (SSSR count). The topological polar surface area (TPSA) is 60.9 Å². The molecule has 0 bridgehead atoms. The summed E-state index contributed by atoms with van der Waals surface area (Å²) in [5, 5.41) is 8.97. The van der Waals surface area contributed by atoms with Crippen LogP contribution in [0.25, 0.3) is 6.08 Å². The van der Waals surface area contributed by atoms with Gasteiger partial charge in [-0.05, 0) is 48.0 Å². The predicted molar refractivity (Wildman–Crippen MR) is 129 cm³/mol. The minimum absolute atomic E-state index is 0.259. The van der Waals surface area contributed by atoms with Crippen molar-refractivity contribution in [3.05, 3.63) is 95.4 Å². The SMILES string of the molecule is O=C(O)CN1C(=O)/C(=C\c2ccc(N(c3ccccc3)c3ccccc3)cc2)SC1=S. The first-order valence-electron chi connectivity index (χ1n) is 9.50. The summed E-state index contributed by atoms with van der Waals surface area (Å²) in [7, 11) is 0. The maximum atomic E-state index is 12.5. The Morgan fingerprint density at radius 2 is 1.42 bits per heavy atom. The van der Waals surface area contributed by atoms with E-state index in [2.05, 4.69) is 29.2 Å². The van der Waals surface area contributed by atoms with Crippen LogP contribution in [0.4, 0.5) is 17.1 Å². The van der Waals surface area contributed by atoms with Gasteiger partial charge in [-0.1, -0.05) is 72.5 Å². The second kappa shape index (κ2) is 9.16. The van der Waals surface area contributed by atoms with Crippen LogP contribution in [0.5, 0.6) is 0 Å². The average molecular weight is 447 g/mol. The molecule has 1 saturated heterocycles. The Morgan fingerprint density at radius 1 is 0.903 bits per heavy atom. The van der Waals surface area contributed by atoms with Crippen LogP contribution in [-0.2, 0) is 9.59 Å². The van der Waals surface area contributed by atoms with Crippen LogP contribution in [-0.4, -0.2) is 32.7 Å². The second-order valence-electron chi connectivity index (χ2n) is 6.76. The fourth-order valence-electron chi connectivity index (χ4n) is 3.24. The van der Waals surface area contributed by atoms with Crippen LogP contribution in [0.3, 0.4) is 0 Å². The third kappa shape index (κ3) is 4.68. The molecule has 0 aliphatic carbocycles. The van der Waals surface area contributed by atoms with Crippen molar-refractivity contribution < 1.29 is 14.7 Å². The number of anilines is 3. The Balaban J connectivity index is 1.63. The van der Waals surface area contributed by atoms with Gasteiger partial charge >= 0.3 is 5.97 Å². The quantitative estimate of drug-likeness (QED) is 0.402. The molecule has 31 heavy (non-hydrogen) atoms. The average Bonchev–Trinajstić information content (AvgIpc) is 3.03. The molecule has 0 saturated carbocycles. The molecule has 1 N–H and O–H groups in total. The van der Waals surface area contributed by atoms with Crippen LogP contribution in [0, 0.1) is 0 Å². The van der Waals surface area contributed by atoms with Gasteiger partial charge in [0.25, 0.3) is 5.91 Å². The van der Waals surface area contributed by atoms with Crippen molar-refractivity contribution in [1.82, 2.24) is 4.90 Å². The standard InChI is InChI=1S/C24H18N2O3S2/c27-22(28)16-25-23(29)21(31-24(25)30)15-17-11-13-20(14-12-17)26(18-7-3-1-4-8-18)19-9-5-2-6-10-19/h1-15H,16H2,(H,27,28)/b21-15+. The largest absolute Gasteiger partial charge is 0.480 e. The zero-order valence-electron chi connectivity index (χ0n) is 16.3. The number of carbonyl (C=O) groups is 2. The summed E-state index contributed by atoms with van der Waals surface area (Å²) in [4.78, 5) is 27.1. The number of thioether (sulfide) groups is 1. The number of carboxylic acids is 1. The zero-order valence-corrected chi connectivity index (χ0v) is 18.0. The Kier molecular flexibility index (Phi) is 6.16. The van der Waals surface area contributed by atoms with Gasteiger partial charge in [0.1, 0.15) is 10.9 Å². The Labute approximate surface area is 189 Å². The molecule has 1 aliphatic rings. The highest BCUT2D eigenvalue weighted by Crippen LogP contribution is 2.35. The van der Waals surface area contributed by atoms with Crippen LogP contribution < -0.4 is 4.90 Å². The molecule has 1 fully saturated rings. The first-order chi connectivity index (χ1) is 15.0. The van der Waals surface area contributed by atoms with Crippen molar-refractivity contribution >= 4 is 63.3 Å². The van der Waals surface area contributed by atoms with Gasteiger partial charge in [-0.15, -0.1) is 0 Å². The van der Waals surface area contributed by atoms with E-state index in [9.17, 15) is 9.59 Å². The van der Waals surface area contributed by atoms with E-state index < -0.39 is 12.5 Å². The third-order valence-electron chi connectivity index (χ3n) is 4.64. The van der Waals surface area contributed by atoms with Gasteiger partial charge < -0.3 is 10.0 Å². The lowest BCUT2D eigenvalue weighted by molar-refractivity contribution is -0.140. The van der Waals surface area contributed by atoms with Gasteiger partial charge in [-0.2, -0.15) is 0 Å². The smallest absolute Gasteiger partial charge is 0.323 e. The molecule has 0 atom stereocenters. The van der Waals surface area contributed by atoms with Crippen LogP contribution in [0.15, 0.2) is 89.8 Å². The van der Waals surface area contributed by atoms with Crippen LogP contribution in [0.2, 0.25) is 0 Å². The monoisotopic (exact) mass is 446 g/mol. The van der Waals surface area contributed by atoms with Gasteiger partial charge in [0.15, 0.2) is 0 Å². The molecule has 0 aromatic heterocycles. The number of para-hydroxylation sites is 2. The van der Waals surface area contributed by atoms with E-state index in [-0.39, 0.29) is 10.2 Å². The number of hydrogen-bond acceptors (Lipinski definition) is 5. The number of benzene rings is 3. The molecular weight excluding hydrogens is 428 g/mol. The van der Waals surface area contributed by atoms with Gasteiger partial charge in [0, 0.05) is 17.1 Å². The summed E-state index contributed by atoms with van der Waals surface area (Å²) in [5.41, 5.74) is 3.89. The van der Waals surface area contributed by atoms with Crippen molar-refractivity contribution in [2.24, 2.45) is 0 Å².